The summed E-state index contributed by atoms with van der Waals surface area (Å²) in [6.07, 6.45) is 2.52. The molecule has 1 aliphatic rings. The van der Waals surface area contributed by atoms with Crippen LogP contribution < -0.4 is 10.1 Å². The van der Waals surface area contributed by atoms with Crippen LogP contribution in [0.1, 0.15) is 18.5 Å². The molecule has 2 heterocycles. The summed E-state index contributed by atoms with van der Waals surface area (Å²) in [5, 5.41) is 4.74. The van der Waals surface area contributed by atoms with Crippen molar-refractivity contribution in [2.45, 2.75) is 23.6 Å². The number of rotatable bonds is 7. The maximum Gasteiger partial charge on any atom is 0.234 e. The molecule has 1 fully saturated rings. The molecule has 26 heavy (non-hydrogen) atoms. The van der Waals surface area contributed by atoms with Gasteiger partial charge in [0.05, 0.1) is 25.0 Å². The number of methoxy groups -OCH3 is 1. The highest BCUT2D eigenvalue weighted by Gasteiger charge is 2.19. The second-order valence-corrected chi connectivity index (χ2v) is 8.02. The van der Waals surface area contributed by atoms with Crippen molar-refractivity contribution in [2.75, 3.05) is 31.3 Å². The van der Waals surface area contributed by atoms with Crippen LogP contribution in [0.15, 0.2) is 34.0 Å². The van der Waals surface area contributed by atoms with Gasteiger partial charge in [-0.25, -0.2) is 4.98 Å². The smallest absolute Gasteiger partial charge is 0.234 e. The molecule has 0 atom stereocenters. The third-order valence-electron chi connectivity index (χ3n) is 4.00. The van der Waals surface area contributed by atoms with Crippen LogP contribution in [0.5, 0.6) is 5.75 Å². The van der Waals surface area contributed by atoms with Gasteiger partial charge in [-0.2, -0.15) is 0 Å². The molecule has 0 saturated carbocycles. The Labute approximate surface area is 160 Å². The quantitative estimate of drug-likeness (QED) is 0.735. The Hall–Kier alpha value is -2.06. The molecule has 1 aliphatic heterocycles. The number of likely N-dealkylation sites (tertiary alicyclic amines) is 1. The highest BCUT2D eigenvalue weighted by atomic mass is 32.2. The number of anilines is 1. The molecule has 138 valence electrons. The lowest BCUT2D eigenvalue weighted by Gasteiger charge is -2.13. The van der Waals surface area contributed by atoms with E-state index in [4.69, 9.17) is 4.74 Å². The van der Waals surface area contributed by atoms with Gasteiger partial charge in [-0.05, 0) is 25.0 Å². The Bertz CT molecular complexity index is 773. The summed E-state index contributed by atoms with van der Waals surface area (Å²) in [7, 11) is 1.59. The fraction of sp³-hybridized carbons (Fsp3) is 0.389. The molecule has 8 heteroatoms. The number of ether oxygens (including phenoxy) is 1. The first-order valence-corrected chi connectivity index (χ1v) is 10.3. The first-order chi connectivity index (χ1) is 12.6. The summed E-state index contributed by atoms with van der Waals surface area (Å²) in [5.41, 5.74) is 1.48. The Kier molecular flexibility index (Phi) is 6.51. The molecular formula is C18H21N3O3S2. The minimum Gasteiger partial charge on any atom is -0.497 e. The molecular weight excluding hydrogens is 370 g/mol. The zero-order chi connectivity index (χ0) is 18.4. The largest absolute Gasteiger partial charge is 0.497 e. The normalized spacial score (nSPS) is 13.7. The highest BCUT2D eigenvalue weighted by molar-refractivity contribution is 8.01. The Morgan fingerprint density at radius 2 is 2.15 bits per heavy atom. The predicted octanol–water partition coefficient (Wildman–Crippen LogP) is 3.05. The van der Waals surface area contributed by atoms with E-state index in [1.807, 2.05) is 28.5 Å². The van der Waals surface area contributed by atoms with Gasteiger partial charge in [0.2, 0.25) is 11.8 Å². The van der Waals surface area contributed by atoms with E-state index in [0.29, 0.717) is 17.9 Å². The Balaban J connectivity index is 1.46. The summed E-state index contributed by atoms with van der Waals surface area (Å²) in [4.78, 5) is 30.6. The van der Waals surface area contributed by atoms with E-state index in [2.05, 4.69) is 10.3 Å². The molecule has 2 aromatic rings. The van der Waals surface area contributed by atoms with Gasteiger partial charge in [-0.3, -0.25) is 9.59 Å². The van der Waals surface area contributed by atoms with Gasteiger partial charge in [0.25, 0.3) is 0 Å². The number of carbonyl (C=O) groups is 2. The van der Waals surface area contributed by atoms with E-state index in [9.17, 15) is 9.59 Å². The molecule has 3 rings (SSSR count). The number of hydrogen-bond acceptors (Lipinski definition) is 6. The number of hydrogen-bond donors (Lipinski definition) is 1. The molecule has 0 aliphatic carbocycles. The van der Waals surface area contributed by atoms with Crippen LogP contribution in [0.4, 0.5) is 5.69 Å². The van der Waals surface area contributed by atoms with Crippen molar-refractivity contribution in [1.29, 1.82) is 0 Å². The molecule has 1 aromatic carbocycles. The second-order valence-electron chi connectivity index (χ2n) is 5.94. The molecule has 1 aromatic heterocycles. The fourth-order valence-electron chi connectivity index (χ4n) is 2.69. The number of thiazole rings is 1. The topological polar surface area (TPSA) is 71.5 Å². The summed E-state index contributed by atoms with van der Waals surface area (Å²) >= 11 is 2.85. The SMILES string of the molecule is COc1cccc(NC(=O)CSc2nc(CC(=O)N3CCCC3)cs2)c1. The lowest BCUT2D eigenvalue weighted by atomic mass is 10.3. The third-order valence-corrected chi connectivity index (χ3v) is 6.07. The van der Waals surface area contributed by atoms with Crippen LogP contribution >= 0.6 is 23.1 Å². The van der Waals surface area contributed by atoms with Gasteiger partial charge < -0.3 is 15.0 Å². The number of carbonyl (C=O) groups excluding carboxylic acids is 2. The zero-order valence-electron chi connectivity index (χ0n) is 14.6. The maximum atomic E-state index is 12.2. The summed E-state index contributed by atoms with van der Waals surface area (Å²) < 4.78 is 5.94. The van der Waals surface area contributed by atoms with Gasteiger partial charge in [0.1, 0.15) is 5.75 Å². The highest BCUT2D eigenvalue weighted by Crippen LogP contribution is 2.24. The van der Waals surface area contributed by atoms with Crippen molar-refractivity contribution < 1.29 is 14.3 Å². The van der Waals surface area contributed by atoms with Crippen molar-refractivity contribution in [3.8, 4) is 5.75 Å². The fourth-order valence-corrected chi connectivity index (χ4v) is 4.34. The number of aromatic nitrogens is 1. The molecule has 1 N–H and O–H groups in total. The van der Waals surface area contributed by atoms with Crippen molar-refractivity contribution >= 4 is 40.6 Å². The number of nitrogens with one attached hydrogen (secondary N) is 1. The van der Waals surface area contributed by atoms with E-state index in [1.165, 1.54) is 23.1 Å². The van der Waals surface area contributed by atoms with E-state index in [0.717, 1.165) is 36.0 Å². The summed E-state index contributed by atoms with van der Waals surface area (Å²) in [6, 6.07) is 7.24. The van der Waals surface area contributed by atoms with Crippen molar-refractivity contribution in [3.05, 3.63) is 35.3 Å². The van der Waals surface area contributed by atoms with Crippen LogP contribution in [0.3, 0.4) is 0 Å². The lowest BCUT2D eigenvalue weighted by Crippen LogP contribution is -2.29. The van der Waals surface area contributed by atoms with E-state index >= 15 is 0 Å². The van der Waals surface area contributed by atoms with Gasteiger partial charge in [-0.1, -0.05) is 17.8 Å². The average molecular weight is 392 g/mol. The maximum absolute atomic E-state index is 12.2. The van der Waals surface area contributed by atoms with Gasteiger partial charge in [-0.15, -0.1) is 11.3 Å². The molecule has 0 bridgehead atoms. The standard InChI is InChI=1S/C18H21N3O3S2/c1-24-15-6-4-5-13(9-15)19-16(22)12-26-18-20-14(11-25-18)10-17(23)21-7-2-3-8-21/h4-6,9,11H,2-3,7-8,10,12H2,1H3,(H,19,22). The first kappa shape index (κ1) is 18.7. The van der Waals surface area contributed by atoms with Gasteiger partial charge >= 0.3 is 0 Å². The molecule has 1 saturated heterocycles. The zero-order valence-corrected chi connectivity index (χ0v) is 16.2. The molecule has 0 unspecified atom stereocenters. The van der Waals surface area contributed by atoms with E-state index < -0.39 is 0 Å². The Morgan fingerprint density at radius 3 is 2.92 bits per heavy atom. The Morgan fingerprint density at radius 1 is 1.35 bits per heavy atom. The number of amides is 2. The van der Waals surface area contributed by atoms with Crippen LogP contribution in [-0.2, 0) is 16.0 Å². The predicted molar refractivity (Wildman–Crippen MR) is 104 cm³/mol. The molecule has 6 nitrogen and oxygen atoms in total. The van der Waals surface area contributed by atoms with Gasteiger partial charge in [0.15, 0.2) is 4.34 Å². The van der Waals surface area contributed by atoms with Crippen molar-refractivity contribution in [3.63, 3.8) is 0 Å². The third kappa shape index (κ3) is 5.22. The number of thioether (sulfide) groups is 1. The minimum absolute atomic E-state index is 0.104. The van der Waals surface area contributed by atoms with Crippen molar-refractivity contribution in [2.24, 2.45) is 0 Å². The molecule has 2 amide bonds. The average Bonchev–Trinajstić information content (AvgIpc) is 3.32. The summed E-state index contributed by atoms with van der Waals surface area (Å²) in [5.74, 6) is 1.00. The lowest BCUT2D eigenvalue weighted by molar-refractivity contribution is -0.129. The van der Waals surface area contributed by atoms with E-state index in [-0.39, 0.29) is 17.6 Å². The summed E-state index contributed by atoms with van der Waals surface area (Å²) in [6.45, 7) is 1.71. The van der Waals surface area contributed by atoms with Crippen LogP contribution in [0.25, 0.3) is 0 Å². The molecule has 0 spiro atoms. The second kappa shape index (κ2) is 9.05. The minimum atomic E-state index is -0.104. The van der Waals surface area contributed by atoms with Gasteiger partial charge in [0, 0.05) is 30.2 Å². The van der Waals surface area contributed by atoms with Crippen LogP contribution in [0.2, 0.25) is 0 Å². The van der Waals surface area contributed by atoms with E-state index in [1.54, 1.807) is 13.2 Å². The van der Waals surface area contributed by atoms with Crippen LogP contribution in [0, 0.1) is 0 Å². The number of benzene rings is 1. The van der Waals surface area contributed by atoms with Crippen LogP contribution in [-0.4, -0.2) is 47.7 Å². The monoisotopic (exact) mass is 391 g/mol. The number of nitrogens with zero attached hydrogens (tertiary/aromatic N) is 2. The first-order valence-electron chi connectivity index (χ1n) is 8.43. The molecule has 0 radical (unpaired) electrons. The van der Waals surface area contributed by atoms with Crippen molar-refractivity contribution in [1.82, 2.24) is 9.88 Å².